The third-order valence-electron chi connectivity index (χ3n) is 4.43. The summed E-state index contributed by atoms with van der Waals surface area (Å²) in [5, 5.41) is 1.14. The van der Waals surface area contributed by atoms with Crippen molar-refractivity contribution < 1.29 is 0 Å². The molecule has 2 aliphatic rings. The molecule has 5 heteroatoms. The fraction of sp³-hybridized carbons (Fsp3) is 0.533. The molecular weight excluding hydrogens is 315 g/mol. The van der Waals surface area contributed by atoms with Crippen LogP contribution in [0.25, 0.3) is 11.0 Å². The van der Waals surface area contributed by atoms with E-state index in [0.717, 1.165) is 28.7 Å². The van der Waals surface area contributed by atoms with Crippen LogP contribution < -0.4 is 0 Å². The van der Waals surface area contributed by atoms with Gasteiger partial charge in [0.2, 0.25) is 0 Å². The summed E-state index contributed by atoms with van der Waals surface area (Å²) in [6.07, 6.45) is 5.29. The van der Waals surface area contributed by atoms with Crippen molar-refractivity contribution in [1.82, 2.24) is 9.55 Å². The van der Waals surface area contributed by atoms with Crippen molar-refractivity contribution >= 4 is 45.8 Å². The molecule has 0 unspecified atom stereocenters. The van der Waals surface area contributed by atoms with Crippen LogP contribution in [0, 0.1) is 11.8 Å². The van der Waals surface area contributed by atoms with Crippen LogP contribution in [0.1, 0.15) is 37.5 Å². The summed E-state index contributed by atoms with van der Waals surface area (Å²) in [6, 6.07) is 4.34. The highest BCUT2D eigenvalue weighted by Crippen LogP contribution is 2.53. The molecule has 2 aromatic rings. The van der Waals surface area contributed by atoms with E-state index >= 15 is 0 Å². The zero-order chi connectivity index (χ0) is 13.9. The van der Waals surface area contributed by atoms with E-state index in [1.807, 2.05) is 12.1 Å². The van der Waals surface area contributed by atoms with Gasteiger partial charge in [0.05, 0.1) is 27.0 Å². The lowest BCUT2D eigenvalue weighted by Gasteiger charge is -2.21. The standard InChI is InChI=1S/C15H15Cl3N2/c16-7-14-19-12-5-10(17)11(18)6-13(12)20(14)15(8-1-2-8)9-3-4-9/h5-6,8-9,15H,1-4,7H2. The van der Waals surface area contributed by atoms with Crippen molar-refractivity contribution in [3.05, 3.63) is 28.0 Å². The summed E-state index contributed by atoms with van der Waals surface area (Å²) in [6.45, 7) is 0. The van der Waals surface area contributed by atoms with Crippen LogP contribution in [0.4, 0.5) is 0 Å². The maximum Gasteiger partial charge on any atom is 0.125 e. The highest BCUT2D eigenvalue weighted by Gasteiger charge is 2.43. The summed E-state index contributed by atoms with van der Waals surface area (Å²) in [5.41, 5.74) is 1.99. The lowest BCUT2D eigenvalue weighted by molar-refractivity contribution is 0.396. The highest BCUT2D eigenvalue weighted by atomic mass is 35.5. The Morgan fingerprint density at radius 2 is 1.70 bits per heavy atom. The third-order valence-corrected chi connectivity index (χ3v) is 5.39. The lowest BCUT2D eigenvalue weighted by atomic mass is 10.1. The number of alkyl halides is 1. The minimum Gasteiger partial charge on any atom is -0.323 e. The molecule has 2 fully saturated rings. The highest BCUT2D eigenvalue weighted by molar-refractivity contribution is 6.42. The maximum absolute atomic E-state index is 6.20. The molecular formula is C15H15Cl3N2. The molecule has 2 saturated carbocycles. The molecule has 0 spiro atoms. The zero-order valence-electron chi connectivity index (χ0n) is 11.0. The first-order chi connectivity index (χ1) is 9.69. The quantitative estimate of drug-likeness (QED) is 0.683. The predicted molar refractivity (Wildman–Crippen MR) is 83.8 cm³/mol. The van der Waals surface area contributed by atoms with Gasteiger partial charge in [-0.25, -0.2) is 4.98 Å². The molecule has 106 valence electrons. The van der Waals surface area contributed by atoms with Crippen LogP contribution in [-0.2, 0) is 5.88 Å². The molecule has 1 heterocycles. The van der Waals surface area contributed by atoms with E-state index in [9.17, 15) is 0 Å². The van der Waals surface area contributed by atoms with Gasteiger partial charge in [0, 0.05) is 6.04 Å². The van der Waals surface area contributed by atoms with Gasteiger partial charge in [0.25, 0.3) is 0 Å². The van der Waals surface area contributed by atoms with Crippen molar-refractivity contribution in [2.24, 2.45) is 11.8 Å². The molecule has 0 bridgehead atoms. The molecule has 1 aromatic heterocycles. The first-order valence-corrected chi connectivity index (χ1v) is 8.40. The normalized spacial score (nSPS) is 19.2. The van der Waals surface area contributed by atoms with Gasteiger partial charge in [0.15, 0.2) is 0 Å². The van der Waals surface area contributed by atoms with Gasteiger partial charge in [-0.05, 0) is 49.7 Å². The second-order valence-corrected chi connectivity index (χ2v) is 7.03. The van der Waals surface area contributed by atoms with Gasteiger partial charge in [-0.3, -0.25) is 0 Å². The number of imidazole rings is 1. The largest absolute Gasteiger partial charge is 0.323 e. The monoisotopic (exact) mass is 328 g/mol. The number of aromatic nitrogens is 2. The van der Waals surface area contributed by atoms with Crippen molar-refractivity contribution in [1.29, 1.82) is 0 Å². The second kappa shape index (κ2) is 4.79. The molecule has 0 aliphatic heterocycles. The van der Waals surface area contributed by atoms with Gasteiger partial charge in [-0.1, -0.05) is 23.2 Å². The predicted octanol–water partition coefficient (Wildman–Crippen LogP) is 5.44. The number of rotatable bonds is 4. The van der Waals surface area contributed by atoms with Crippen molar-refractivity contribution in [2.75, 3.05) is 0 Å². The van der Waals surface area contributed by atoms with Crippen molar-refractivity contribution in [3.63, 3.8) is 0 Å². The summed E-state index contributed by atoms with van der Waals surface area (Å²) < 4.78 is 2.35. The van der Waals surface area contributed by atoms with E-state index in [4.69, 9.17) is 34.8 Å². The topological polar surface area (TPSA) is 17.8 Å². The van der Waals surface area contributed by atoms with E-state index in [-0.39, 0.29) is 0 Å². The molecule has 2 nitrogen and oxygen atoms in total. The van der Waals surface area contributed by atoms with Gasteiger partial charge < -0.3 is 4.57 Å². The second-order valence-electron chi connectivity index (χ2n) is 5.95. The van der Waals surface area contributed by atoms with E-state index in [2.05, 4.69) is 9.55 Å². The van der Waals surface area contributed by atoms with Crippen LogP contribution in [0.15, 0.2) is 12.1 Å². The molecule has 0 radical (unpaired) electrons. The third kappa shape index (κ3) is 2.13. The van der Waals surface area contributed by atoms with Gasteiger partial charge >= 0.3 is 0 Å². The van der Waals surface area contributed by atoms with Crippen LogP contribution >= 0.6 is 34.8 Å². The molecule has 0 saturated heterocycles. The van der Waals surface area contributed by atoms with Gasteiger partial charge in [0.1, 0.15) is 5.82 Å². The fourth-order valence-corrected chi connectivity index (χ4v) is 3.75. The Labute approximate surface area is 133 Å². The van der Waals surface area contributed by atoms with Gasteiger partial charge in [-0.2, -0.15) is 0 Å². The SMILES string of the molecule is ClCc1nc2cc(Cl)c(Cl)cc2n1C(C1CC1)C1CC1. The van der Waals surface area contributed by atoms with E-state index < -0.39 is 0 Å². The van der Waals surface area contributed by atoms with E-state index in [1.54, 1.807) is 0 Å². The zero-order valence-corrected chi connectivity index (χ0v) is 13.2. The van der Waals surface area contributed by atoms with Crippen LogP contribution in [0.2, 0.25) is 10.0 Å². The molecule has 4 rings (SSSR count). The average molecular weight is 330 g/mol. The minimum absolute atomic E-state index is 0.430. The first kappa shape index (κ1) is 13.2. The smallest absolute Gasteiger partial charge is 0.125 e. The van der Waals surface area contributed by atoms with Crippen molar-refractivity contribution in [2.45, 2.75) is 37.6 Å². The minimum atomic E-state index is 0.430. The Bertz CT molecular complexity index is 659. The summed E-state index contributed by atoms with van der Waals surface area (Å²) in [5.74, 6) is 2.95. The number of benzene rings is 1. The van der Waals surface area contributed by atoms with E-state index in [1.165, 1.54) is 25.7 Å². The number of halogens is 3. The lowest BCUT2D eigenvalue weighted by Crippen LogP contribution is -2.15. The average Bonchev–Trinajstić information content (AvgIpc) is 3.31. The Morgan fingerprint density at radius 1 is 1.10 bits per heavy atom. The molecule has 0 N–H and O–H groups in total. The number of nitrogens with zero attached hydrogens (tertiary/aromatic N) is 2. The van der Waals surface area contributed by atoms with E-state index in [0.29, 0.717) is 22.0 Å². The van der Waals surface area contributed by atoms with Crippen LogP contribution in [0.5, 0.6) is 0 Å². The maximum atomic E-state index is 6.20. The molecule has 2 aliphatic carbocycles. The number of hydrogen-bond acceptors (Lipinski definition) is 1. The molecule has 0 atom stereocenters. The Balaban J connectivity index is 1.93. The van der Waals surface area contributed by atoms with Gasteiger partial charge in [-0.15, -0.1) is 11.6 Å². The van der Waals surface area contributed by atoms with Crippen LogP contribution in [-0.4, -0.2) is 9.55 Å². The van der Waals surface area contributed by atoms with Crippen LogP contribution in [0.3, 0.4) is 0 Å². The Kier molecular flexibility index (Phi) is 3.17. The Hall–Kier alpha value is -0.440. The fourth-order valence-electron chi connectivity index (χ4n) is 3.25. The van der Waals surface area contributed by atoms with Crippen molar-refractivity contribution in [3.8, 4) is 0 Å². The summed E-state index contributed by atoms with van der Waals surface area (Å²) >= 11 is 18.4. The summed E-state index contributed by atoms with van der Waals surface area (Å²) in [4.78, 5) is 4.66. The molecule has 0 amide bonds. The number of hydrogen-bond donors (Lipinski definition) is 0. The first-order valence-electron chi connectivity index (χ1n) is 7.11. The molecule has 1 aromatic carbocycles. The Morgan fingerprint density at radius 3 is 2.25 bits per heavy atom. The summed E-state index contributed by atoms with van der Waals surface area (Å²) in [7, 11) is 0. The molecule has 20 heavy (non-hydrogen) atoms. The number of fused-ring (bicyclic) bond motifs is 1.